The predicted molar refractivity (Wildman–Crippen MR) is 117 cm³/mol. The molecule has 7 nitrogen and oxygen atoms in total. The average molecular weight is 406 g/mol. The molecule has 0 spiro atoms. The summed E-state index contributed by atoms with van der Waals surface area (Å²) in [7, 11) is 0. The number of nitrogens with zero attached hydrogens (tertiary/aromatic N) is 2. The van der Waals surface area contributed by atoms with Crippen LogP contribution in [0.15, 0.2) is 60.7 Å². The molecular formula is C23H26N4O3. The van der Waals surface area contributed by atoms with Crippen molar-refractivity contribution in [2.45, 2.75) is 33.1 Å². The van der Waals surface area contributed by atoms with Crippen molar-refractivity contribution in [2.24, 2.45) is 0 Å². The third-order valence-corrected chi connectivity index (χ3v) is 4.35. The number of carbonyl (C=O) groups excluding carboxylic acids is 2. The zero-order valence-electron chi connectivity index (χ0n) is 17.6. The van der Waals surface area contributed by atoms with E-state index < -0.39 is 5.97 Å². The maximum absolute atomic E-state index is 12.5. The first-order valence-corrected chi connectivity index (χ1v) is 9.79. The standard InChI is InChI=1S/C23H26N4O3/c1-5-30-21(28)16-10-9-13-18(14-16)27-20(15-19(26-27)23(2,3)4)25-22(29)24-17-11-7-6-8-12-17/h6-15H,5H2,1-4H3,(H2,24,25,29). The van der Waals surface area contributed by atoms with Gasteiger partial charge in [0.25, 0.3) is 0 Å². The largest absolute Gasteiger partial charge is 0.462 e. The molecule has 0 saturated heterocycles. The maximum Gasteiger partial charge on any atom is 0.338 e. The lowest BCUT2D eigenvalue weighted by atomic mass is 9.92. The molecule has 0 unspecified atom stereocenters. The molecule has 2 amide bonds. The van der Waals surface area contributed by atoms with Gasteiger partial charge in [-0.1, -0.05) is 45.0 Å². The fourth-order valence-corrected chi connectivity index (χ4v) is 2.81. The number of benzene rings is 2. The van der Waals surface area contributed by atoms with Crippen LogP contribution in [0.5, 0.6) is 0 Å². The van der Waals surface area contributed by atoms with E-state index >= 15 is 0 Å². The van der Waals surface area contributed by atoms with Crippen LogP contribution in [-0.2, 0) is 10.2 Å². The van der Waals surface area contributed by atoms with Gasteiger partial charge in [0.05, 0.1) is 23.6 Å². The van der Waals surface area contributed by atoms with E-state index in [2.05, 4.69) is 15.7 Å². The summed E-state index contributed by atoms with van der Waals surface area (Å²) in [5, 5.41) is 10.3. The quantitative estimate of drug-likeness (QED) is 0.585. The van der Waals surface area contributed by atoms with Crippen molar-refractivity contribution in [3.8, 4) is 5.69 Å². The number of carbonyl (C=O) groups is 2. The lowest BCUT2D eigenvalue weighted by Crippen LogP contribution is -2.21. The molecule has 0 aliphatic carbocycles. The Hall–Kier alpha value is -3.61. The van der Waals surface area contributed by atoms with Gasteiger partial charge in [0.1, 0.15) is 5.82 Å². The van der Waals surface area contributed by atoms with Gasteiger partial charge in [-0.3, -0.25) is 5.32 Å². The molecule has 3 aromatic rings. The molecule has 1 heterocycles. The molecule has 0 saturated carbocycles. The van der Waals surface area contributed by atoms with Gasteiger partial charge in [-0.15, -0.1) is 0 Å². The molecule has 30 heavy (non-hydrogen) atoms. The minimum absolute atomic E-state index is 0.226. The second-order valence-corrected chi connectivity index (χ2v) is 7.79. The number of aromatic nitrogens is 2. The SMILES string of the molecule is CCOC(=O)c1cccc(-n2nc(C(C)(C)C)cc2NC(=O)Nc2ccccc2)c1. The van der Waals surface area contributed by atoms with E-state index in [1.54, 1.807) is 41.9 Å². The fraction of sp³-hybridized carbons (Fsp3) is 0.261. The lowest BCUT2D eigenvalue weighted by molar-refractivity contribution is 0.0526. The van der Waals surface area contributed by atoms with Gasteiger partial charge in [-0.05, 0) is 37.3 Å². The third-order valence-electron chi connectivity index (χ3n) is 4.35. The van der Waals surface area contributed by atoms with E-state index in [0.29, 0.717) is 29.4 Å². The Labute approximate surface area is 176 Å². The Morgan fingerprint density at radius 1 is 1.00 bits per heavy atom. The number of hydrogen-bond acceptors (Lipinski definition) is 4. The number of hydrogen-bond donors (Lipinski definition) is 2. The highest BCUT2D eigenvalue weighted by Crippen LogP contribution is 2.27. The van der Waals surface area contributed by atoms with Crippen molar-refractivity contribution in [1.29, 1.82) is 0 Å². The molecule has 7 heteroatoms. The molecule has 2 N–H and O–H groups in total. The molecule has 3 rings (SSSR count). The van der Waals surface area contributed by atoms with E-state index in [4.69, 9.17) is 4.74 Å². The molecule has 156 valence electrons. The molecule has 2 aromatic carbocycles. The van der Waals surface area contributed by atoms with Crippen molar-refractivity contribution in [1.82, 2.24) is 9.78 Å². The van der Waals surface area contributed by atoms with Gasteiger partial charge in [0.2, 0.25) is 0 Å². The summed E-state index contributed by atoms with van der Waals surface area (Å²) in [6.45, 7) is 8.19. The summed E-state index contributed by atoms with van der Waals surface area (Å²) < 4.78 is 6.71. The summed E-state index contributed by atoms with van der Waals surface area (Å²) in [4.78, 5) is 24.7. The van der Waals surface area contributed by atoms with E-state index in [-0.39, 0.29) is 11.4 Å². The topological polar surface area (TPSA) is 85.2 Å². The molecular weight excluding hydrogens is 380 g/mol. The van der Waals surface area contributed by atoms with Crippen molar-refractivity contribution < 1.29 is 14.3 Å². The maximum atomic E-state index is 12.5. The Kier molecular flexibility index (Phi) is 6.20. The van der Waals surface area contributed by atoms with Crippen LogP contribution in [0.2, 0.25) is 0 Å². The number of para-hydroxylation sites is 1. The number of anilines is 2. The van der Waals surface area contributed by atoms with Crippen LogP contribution < -0.4 is 10.6 Å². The third kappa shape index (κ3) is 5.05. The molecule has 0 fully saturated rings. The monoisotopic (exact) mass is 406 g/mol. The van der Waals surface area contributed by atoms with Gasteiger partial charge in [-0.25, -0.2) is 14.3 Å². The molecule has 0 aliphatic rings. The van der Waals surface area contributed by atoms with E-state index in [1.807, 2.05) is 51.1 Å². The van der Waals surface area contributed by atoms with Gasteiger partial charge in [-0.2, -0.15) is 5.10 Å². The second kappa shape index (κ2) is 8.82. The van der Waals surface area contributed by atoms with Gasteiger partial charge in [0.15, 0.2) is 0 Å². The minimum Gasteiger partial charge on any atom is -0.462 e. The number of esters is 1. The highest BCUT2D eigenvalue weighted by atomic mass is 16.5. The Morgan fingerprint density at radius 2 is 1.73 bits per heavy atom. The van der Waals surface area contributed by atoms with Gasteiger partial charge >= 0.3 is 12.0 Å². The van der Waals surface area contributed by atoms with Crippen LogP contribution in [0.4, 0.5) is 16.3 Å². The van der Waals surface area contributed by atoms with E-state index in [1.165, 1.54) is 0 Å². The zero-order chi connectivity index (χ0) is 21.7. The smallest absolute Gasteiger partial charge is 0.338 e. The molecule has 0 bridgehead atoms. The van der Waals surface area contributed by atoms with Crippen LogP contribution >= 0.6 is 0 Å². The minimum atomic E-state index is -0.404. The Bertz CT molecular complexity index is 1040. The molecule has 0 radical (unpaired) electrons. The lowest BCUT2D eigenvalue weighted by Gasteiger charge is -2.14. The molecule has 1 aromatic heterocycles. The molecule has 0 aliphatic heterocycles. The number of amides is 2. The molecule has 0 atom stereocenters. The average Bonchev–Trinajstić information content (AvgIpc) is 3.13. The Morgan fingerprint density at radius 3 is 2.40 bits per heavy atom. The van der Waals surface area contributed by atoms with Crippen LogP contribution in [0, 0.1) is 0 Å². The first kappa shape index (κ1) is 21.1. The van der Waals surface area contributed by atoms with Gasteiger partial charge in [0, 0.05) is 17.2 Å². The highest BCUT2D eigenvalue weighted by Gasteiger charge is 2.22. The summed E-state index contributed by atoms with van der Waals surface area (Å²) in [5.41, 5.74) is 2.32. The normalized spacial score (nSPS) is 11.1. The second-order valence-electron chi connectivity index (χ2n) is 7.79. The summed E-state index contributed by atoms with van der Waals surface area (Å²) in [6.07, 6.45) is 0. The van der Waals surface area contributed by atoms with Crippen LogP contribution in [-0.4, -0.2) is 28.4 Å². The van der Waals surface area contributed by atoms with E-state index in [0.717, 1.165) is 5.69 Å². The zero-order valence-corrected chi connectivity index (χ0v) is 17.6. The highest BCUT2D eigenvalue weighted by molar-refractivity contribution is 5.99. The van der Waals surface area contributed by atoms with Crippen LogP contribution in [0.25, 0.3) is 5.69 Å². The van der Waals surface area contributed by atoms with Crippen molar-refractivity contribution in [3.05, 3.63) is 71.9 Å². The predicted octanol–water partition coefficient (Wildman–Crippen LogP) is 4.99. The van der Waals surface area contributed by atoms with Crippen LogP contribution in [0.3, 0.4) is 0 Å². The van der Waals surface area contributed by atoms with Crippen molar-refractivity contribution in [3.63, 3.8) is 0 Å². The summed E-state index contributed by atoms with van der Waals surface area (Å²) >= 11 is 0. The first-order chi connectivity index (χ1) is 14.3. The number of ether oxygens (including phenoxy) is 1. The fourth-order valence-electron chi connectivity index (χ4n) is 2.81. The van der Waals surface area contributed by atoms with Crippen LogP contribution in [0.1, 0.15) is 43.7 Å². The van der Waals surface area contributed by atoms with Gasteiger partial charge < -0.3 is 10.1 Å². The number of nitrogens with one attached hydrogen (secondary N) is 2. The summed E-state index contributed by atoms with van der Waals surface area (Å²) in [5.74, 6) is 0.0910. The Balaban J connectivity index is 1.94. The van der Waals surface area contributed by atoms with E-state index in [9.17, 15) is 9.59 Å². The number of rotatable bonds is 5. The summed E-state index contributed by atoms with van der Waals surface area (Å²) in [6, 6.07) is 17.6. The number of urea groups is 1. The van der Waals surface area contributed by atoms with Crippen molar-refractivity contribution >= 4 is 23.5 Å². The van der Waals surface area contributed by atoms with Crippen molar-refractivity contribution in [2.75, 3.05) is 17.2 Å². The first-order valence-electron chi connectivity index (χ1n) is 9.79.